The summed E-state index contributed by atoms with van der Waals surface area (Å²) in [5.74, 6) is 0.723. The van der Waals surface area contributed by atoms with Gasteiger partial charge >= 0.3 is 0 Å². The number of allylic oxidation sites excluding steroid dienone is 16. The van der Waals surface area contributed by atoms with Gasteiger partial charge in [0.15, 0.2) is 0 Å². The first-order valence-corrected chi connectivity index (χ1v) is 19.3. The van der Waals surface area contributed by atoms with Crippen molar-refractivity contribution < 1.29 is 0 Å². The maximum absolute atomic E-state index is 2.57. The van der Waals surface area contributed by atoms with Crippen LogP contribution in [0.5, 0.6) is 0 Å². The molecular formula is C51H55N. The summed E-state index contributed by atoms with van der Waals surface area (Å²) in [6, 6.07) is 31.7. The van der Waals surface area contributed by atoms with E-state index in [1.807, 2.05) is 0 Å². The van der Waals surface area contributed by atoms with Crippen molar-refractivity contribution in [1.82, 2.24) is 0 Å². The molecule has 0 bridgehead atoms. The molecule has 52 heavy (non-hydrogen) atoms. The Kier molecular flexibility index (Phi) is 10.2. The van der Waals surface area contributed by atoms with Gasteiger partial charge in [0.1, 0.15) is 0 Å². The normalized spacial score (nSPS) is 24.3. The minimum Gasteiger partial charge on any atom is -0.338 e. The van der Waals surface area contributed by atoms with Crippen LogP contribution in [0.15, 0.2) is 192 Å². The van der Waals surface area contributed by atoms with Crippen molar-refractivity contribution in [3.8, 4) is 0 Å². The molecule has 0 saturated heterocycles. The molecule has 264 valence electrons. The minimum absolute atomic E-state index is 0.103. The van der Waals surface area contributed by atoms with Crippen molar-refractivity contribution >= 4 is 5.69 Å². The van der Waals surface area contributed by atoms with Gasteiger partial charge in [-0.15, -0.1) is 0 Å². The van der Waals surface area contributed by atoms with E-state index in [0.717, 1.165) is 32.2 Å². The molecule has 3 aromatic rings. The smallest absolute Gasteiger partial charge is 0.0415 e. The predicted molar refractivity (Wildman–Crippen MR) is 224 cm³/mol. The fourth-order valence-corrected chi connectivity index (χ4v) is 8.78. The Balaban J connectivity index is 1.38. The molecule has 1 heteroatoms. The summed E-state index contributed by atoms with van der Waals surface area (Å²) in [5.41, 5.74) is 10.5. The van der Waals surface area contributed by atoms with Gasteiger partial charge in [0.25, 0.3) is 0 Å². The first-order chi connectivity index (χ1) is 25.2. The van der Waals surface area contributed by atoms with Crippen molar-refractivity contribution in [2.24, 2.45) is 11.8 Å². The van der Waals surface area contributed by atoms with E-state index >= 15 is 0 Å². The molecule has 7 rings (SSSR count). The summed E-state index contributed by atoms with van der Waals surface area (Å²) < 4.78 is 0. The molecule has 1 nitrogen and oxygen atoms in total. The lowest BCUT2D eigenvalue weighted by molar-refractivity contribution is 0.413. The minimum atomic E-state index is -0.186. The van der Waals surface area contributed by atoms with Crippen LogP contribution in [0.25, 0.3) is 0 Å². The number of rotatable bonds is 7. The van der Waals surface area contributed by atoms with E-state index < -0.39 is 0 Å². The zero-order valence-electron chi connectivity index (χ0n) is 31.8. The molecular weight excluding hydrogens is 627 g/mol. The standard InChI is InChI=1S/C51H55N/c1-49(2,3)40-33-35-47(36-34-40)52-37-19-29-45(50(4,41-20-10-6-11-21-41)42-22-12-7-13-23-42)32-31-39-38-46(28-18-30-48(39)52)51(5,43-24-14-8-15-25-43)44-26-16-9-17-27-44/h6-17,19-22,24-26,28-30,32-36,38,42,44H,18,23,27,31,37H2,1-5H3/b29-19-,45-32+. The largest absolute Gasteiger partial charge is 0.338 e. The molecule has 0 amide bonds. The van der Waals surface area contributed by atoms with E-state index in [4.69, 9.17) is 0 Å². The Bertz CT molecular complexity index is 2000. The third-order valence-corrected chi connectivity index (χ3v) is 12.2. The molecule has 4 atom stereocenters. The summed E-state index contributed by atoms with van der Waals surface area (Å²) >= 11 is 0. The molecule has 0 N–H and O–H groups in total. The van der Waals surface area contributed by atoms with Crippen LogP contribution >= 0.6 is 0 Å². The highest BCUT2D eigenvalue weighted by Gasteiger charge is 2.39. The van der Waals surface area contributed by atoms with Gasteiger partial charge in [-0.3, -0.25) is 0 Å². The lowest BCUT2D eigenvalue weighted by Gasteiger charge is -2.39. The van der Waals surface area contributed by atoms with Gasteiger partial charge in [-0.05, 0) is 88.5 Å². The van der Waals surface area contributed by atoms with Crippen molar-refractivity contribution in [2.75, 3.05) is 11.4 Å². The van der Waals surface area contributed by atoms with Crippen LogP contribution in [0.3, 0.4) is 0 Å². The average Bonchev–Trinajstić information content (AvgIpc) is 3.35. The van der Waals surface area contributed by atoms with E-state index in [9.17, 15) is 0 Å². The van der Waals surface area contributed by atoms with Crippen LogP contribution in [-0.4, -0.2) is 6.54 Å². The highest BCUT2D eigenvalue weighted by Crippen LogP contribution is 2.47. The van der Waals surface area contributed by atoms with Crippen LogP contribution in [0, 0.1) is 11.8 Å². The summed E-state index contributed by atoms with van der Waals surface area (Å²) in [6.45, 7) is 12.6. The Morgan fingerprint density at radius 2 is 1.13 bits per heavy atom. The molecule has 3 aliphatic carbocycles. The summed E-state index contributed by atoms with van der Waals surface area (Å²) in [4.78, 5) is 2.55. The Morgan fingerprint density at radius 1 is 0.558 bits per heavy atom. The lowest BCUT2D eigenvalue weighted by Crippen LogP contribution is -2.33. The zero-order chi connectivity index (χ0) is 36.2. The number of anilines is 1. The maximum atomic E-state index is 2.57. The second kappa shape index (κ2) is 15.0. The molecule has 0 aromatic heterocycles. The van der Waals surface area contributed by atoms with Gasteiger partial charge in [-0.2, -0.15) is 0 Å². The van der Waals surface area contributed by atoms with Crippen LogP contribution in [0.4, 0.5) is 5.69 Å². The second-order valence-electron chi connectivity index (χ2n) is 16.3. The highest BCUT2D eigenvalue weighted by atomic mass is 15.1. The fourth-order valence-electron chi connectivity index (χ4n) is 8.78. The Hall–Kier alpha value is -4.88. The summed E-state index contributed by atoms with van der Waals surface area (Å²) in [6.07, 6.45) is 37.1. The van der Waals surface area contributed by atoms with Crippen molar-refractivity contribution in [1.29, 1.82) is 0 Å². The SMILES string of the molecule is CC(C)(C)c1ccc(N2C/C=C\C(C(C)(c3ccccc3)C3C=CC=CC3)=C/CC3=CC(C(C)(c4ccccc4)C4C=CC=CC4)=CCC=C32)cc1. The number of hydrogen-bond acceptors (Lipinski definition) is 1. The first-order valence-electron chi connectivity index (χ1n) is 19.3. The van der Waals surface area contributed by atoms with Gasteiger partial charge in [0.05, 0.1) is 0 Å². The van der Waals surface area contributed by atoms with Gasteiger partial charge in [-0.1, -0.05) is 192 Å². The van der Waals surface area contributed by atoms with Crippen LogP contribution in [0.2, 0.25) is 0 Å². The third kappa shape index (κ3) is 6.99. The first kappa shape index (κ1) is 35.5. The van der Waals surface area contributed by atoms with Crippen LogP contribution in [-0.2, 0) is 16.2 Å². The number of hydrogen-bond donors (Lipinski definition) is 0. The van der Waals surface area contributed by atoms with Gasteiger partial charge in [0, 0.05) is 28.8 Å². The monoisotopic (exact) mass is 681 g/mol. The maximum Gasteiger partial charge on any atom is 0.0415 e. The molecule has 4 aliphatic rings. The third-order valence-electron chi connectivity index (χ3n) is 12.2. The molecule has 0 radical (unpaired) electrons. The molecule has 1 heterocycles. The average molecular weight is 682 g/mol. The van der Waals surface area contributed by atoms with E-state index in [2.05, 4.69) is 210 Å². The lowest BCUT2D eigenvalue weighted by atomic mass is 9.64. The number of nitrogens with zero attached hydrogens (tertiary/aromatic N) is 1. The van der Waals surface area contributed by atoms with Crippen LogP contribution in [0.1, 0.15) is 77.0 Å². The van der Waals surface area contributed by atoms with E-state index in [1.54, 1.807) is 0 Å². The summed E-state index contributed by atoms with van der Waals surface area (Å²) in [5, 5.41) is 0. The number of benzene rings is 3. The van der Waals surface area contributed by atoms with Crippen molar-refractivity contribution in [2.45, 2.75) is 76.5 Å². The molecule has 3 aromatic carbocycles. The molecule has 0 spiro atoms. The van der Waals surface area contributed by atoms with E-state index in [0.29, 0.717) is 11.8 Å². The molecule has 0 fully saturated rings. The fraction of sp³-hybridized carbons (Fsp3) is 0.294. The summed E-state index contributed by atoms with van der Waals surface area (Å²) in [7, 11) is 0. The second-order valence-corrected chi connectivity index (χ2v) is 16.3. The van der Waals surface area contributed by atoms with E-state index in [1.165, 1.54) is 44.8 Å². The quantitative estimate of drug-likeness (QED) is 0.240. The topological polar surface area (TPSA) is 3.24 Å². The van der Waals surface area contributed by atoms with Gasteiger partial charge in [0.2, 0.25) is 0 Å². The zero-order valence-corrected chi connectivity index (χ0v) is 31.8. The Morgan fingerprint density at radius 3 is 1.67 bits per heavy atom. The van der Waals surface area contributed by atoms with Crippen molar-refractivity contribution in [3.05, 3.63) is 209 Å². The molecule has 0 saturated carbocycles. The van der Waals surface area contributed by atoms with Gasteiger partial charge in [-0.25, -0.2) is 0 Å². The highest BCUT2D eigenvalue weighted by molar-refractivity contribution is 5.62. The van der Waals surface area contributed by atoms with Crippen molar-refractivity contribution in [3.63, 3.8) is 0 Å². The van der Waals surface area contributed by atoms with Gasteiger partial charge < -0.3 is 4.90 Å². The predicted octanol–water partition coefficient (Wildman–Crippen LogP) is 13.0. The molecule has 4 unspecified atom stereocenters. The van der Waals surface area contributed by atoms with E-state index in [-0.39, 0.29) is 16.2 Å². The molecule has 1 aliphatic heterocycles. The van der Waals surface area contributed by atoms with Crippen LogP contribution < -0.4 is 4.90 Å². The number of fused-ring (bicyclic) bond motifs is 1. The Labute approximate surface area is 313 Å².